The van der Waals surface area contributed by atoms with Crippen LogP contribution in [-0.4, -0.2) is 38.0 Å². The van der Waals surface area contributed by atoms with Gasteiger partial charge in [0.1, 0.15) is 0 Å². The van der Waals surface area contributed by atoms with E-state index in [2.05, 4.69) is 16.0 Å². The number of rotatable bonds is 7. The predicted molar refractivity (Wildman–Crippen MR) is 99.4 cm³/mol. The molecule has 0 unspecified atom stereocenters. The summed E-state index contributed by atoms with van der Waals surface area (Å²) in [6, 6.07) is 13.2. The summed E-state index contributed by atoms with van der Waals surface area (Å²) < 4.78 is 4.87. The molecule has 2 aromatic rings. The van der Waals surface area contributed by atoms with Crippen LogP contribution in [-0.2, 0) is 9.53 Å². The maximum Gasteiger partial charge on any atom is 0.255 e. The molecule has 3 amide bonds. The van der Waals surface area contributed by atoms with E-state index < -0.39 is 0 Å². The van der Waals surface area contributed by atoms with E-state index in [0.29, 0.717) is 35.7 Å². The van der Waals surface area contributed by atoms with Gasteiger partial charge in [-0.1, -0.05) is 0 Å². The summed E-state index contributed by atoms with van der Waals surface area (Å²) in [7, 11) is 1.56. The maximum absolute atomic E-state index is 12.3. The minimum absolute atomic E-state index is 0.159. The molecule has 0 fully saturated rings. The molecule has 0 spiro atoms. The van der Waals surface area contributed by atoms with Gasteiger partial charge in [0.05, 0.1) is 6.61 Å². The summed E-state index contributed by atoms with van der Waals surface area (Å²) >= 11 is 0. The van der Waals surface area contributed by atoms with E-state index in [0.717, 1.165) is 0 Å². The number of hydrogen-bond acceptors (Lipinski definition) is 4. The average Bonchev–Trinajstić information content (AvgIpc) is 2.63. The summed E-state index contributed by atoms with van der Waals surface area (Å²) in [6.07, 6.45) is 0. The third-order valence-corrected chi connectivity index (χ3v) is 3.46. The van der Waals surface area contributed by atoms with Crippen molar-refractivity contribution < 1.29 is 19.1 Å². The zero-order chi connectivity index (χ0) is 18.9. The van der Waals surface area contributed by atoms with E-state index in [-0.39, 0.29) is 17.7 Å². The van der Waals surface area contributed by atoms with Crippen LogP contribution in [0, 0.1) is 0 Å². The molecule has 7 heteroatoms. The van der Waals surface area contributed by atoms with Crippen molar-refractivity contribution in [3.8, 4) is 0 Å². The van der Waals surface area contributed by atoms with Crippen LogP contribution in [0.1, 0.15) is 27.6 Å². The molecule has 2 aromatic carbocycles. The lowest BCUT2D eigenvalue weighted by atomic mass is 10.1. The van der Waals surface area contributed by atoms with Gasteiger partial charge in [0, 0.05) is 43.1 Å². The van der Waals surface area contributed by atoms with Crippen LogP contribution in [0.4, 0.5) is 11.4 Å². The Bertz CT molecular complexity index is 770. The summed E-state index contributed by atoms with van der Waals surface area (Å²) in [5, 5.41) is 8.13. The van der Waals surface area contributed by atoms with Gasteiger partial charge in [-0.15, -0.1) is 0 Å². The molecule has 26 heavy (non-hydrogen) atoms. The van der Waals surface area contributed by atoms with E-state index in [1.54, 1.807) is 55.6 Å². The minimum Gasteiger partial charge on any atom is -0.383 e. The third kappa shape index (κ3) is 5.71. The van der Waals surface area contributed by atoms with Crippen molar-refractivity contribution in [1.29, 1.82) is 0 Å². The van der Waals surface area contributed by atoms with Crippen molar-refractivity contribution in [3.63, 3.8) is 0 Å². The van der Waals surface area contributed by atoms with Gasteiger partial charge in [-0.25, -0.2) is 0 Å². The van der Waals surface area contributed by atoms with Crippen LogP contribution in [0.25, 0.3) is 0 Å². The standard InChI is InChI=1S/C19H21N3O4/c1-13(23)21-16-7-9-17(10-8-16)22-19(25)15-5-3-14(4-6-15)18(24)20-11-12-26-2/h3-10H,11-12H2,1-2H3,(H,20,24)(H,21,23)(H,22,25). The normalized spacial score (nSPS) is 10.1. The summed E-state index contributed by atoms with van der Waals surface area (Å²) in [5.41, 5.74) is 2.16. The van der Waals surface area contributed by atoms with E-state index in [9.17, 15) is 14.4 Å². The highest BCUT2D eigenvalue weighted by Crippen LogP contribution is 2.15. The Balaban J connectivity index is 1.95. The molecule has 0 heterocycles. The first-order valence-corrected chi connectivity index (χ1v) is 8.06. The third-order valence-electron chi connectivity index (χ3n) is 3.46. The number of benzene rings is 2. The molecular formula is C19H21N3O4. The molecule has 0 bridgehead atoms. The van der Waals surface area contributed by atoms with Crippen LogP contribution >= 0.6 is 0 Å². The number of anilines is 2. The fourth-order valence-electron chi connectivity index (χ4n) is 2.19. The number of hydrogen-bond donors (Lipinski definition) is 3. The zero-order valence-electron chi connectivity index (χ0n) is 14.7. The monoisotopic (exact) mass is 355 g/mol. The molecule has 0 aliphatic heterocycles. The van der Waals surface area contributed by atoms with Gasteiger partial charge >= 0.3 is 0 Å². The number of ether oxygens (including phenoxy) is 1. The first-order valence-electron chi connectivity index (χ1n) is 8.06. The van der Waals surface area contributed by atoms with Gasteiger partial charge in [-0.2, -0.15) is 0 Å². The molecule has 3 N–H and O–H groups in total. The second kappa shape index (κ2) is 9.33. The Labute approximate surface area is 151 Å². The first kappa shape index (κ1) is 19.1. The molecule has 0 saturated carbocycles. The van der Waals surface area contributed by atoms with Crippen molar-refractivity contribution in [2.45, 2.75) is 6.92 Å². The van der Waals surface area contributed by atoms with E-state index in [1.807, 2.05) is 0 Å². The lowest BCUT2D eigenvalue weighted by molar-refractivity contribution is -0.114. The molecular weight excluding hydrogens is 334 g/mol. The quantitative estimate of drug-likeness (QED) is 0.664. The largest absolute Gasteiger partial charge is 0.383 e. The molecule has 2 rings (SSSR count). The average molecular weight is 355 g/mol. The van der Waals surface area contributed by atoms with Crippen molar-refractivity contribution in [2.75, 3.05) is 30.9 Å². The van der Waals surface area contributed by atoms with Crippen molar-refractivity contribution >= 4 is 29.1 Å². The number of carbonyl (C=O) groups is 3. The van der Waals surface area contributed by atoms with Crippen molar-refractivity contribution in [3.05, 3.63) is 59.7 Å². The van der Waals surface area contributed by atoms with Gasteiger partial charge in [0.2, 0.25) is 5.91 Å². The second-order valence-electron chi connectivity index (χ2n) is 5.54. The lowest BCUT2D eigenvalue weighted by Crippen LogP contribution is -2.26. The van der Waals surface area contributed by atoms with Crippen LogP contribution in [0.15, 0.2) is 48.5 Å². The summed E-state index contributed by atoms with van der Waals surface area (Å²) in [6.45, 7) is 2.29. The number of methoxy groups -OCH3 is 1. The van der Waals surface area contributed by atoms with E-state index in [1.165, 1.54) is 6.92 Å². The molecule has 0 aliphatic carbocycles. The molecule has 0 saturated heterocycles. The Morgan fingerprint density at radius 2 is 1.31 bits per heavy atom. The fraction of sp³-hybridized carbons (Fsp3) is 0.211. The number of nitrogens with one attached hydrogen (secondary N) is 3. The highest BCUT2D eigenvalue weighted by Gasteiger charge is 2.09. The molecule has 0 radical (unpaired) electrons. The van der Waals surface area contributed by atoms with Crippen molar-refractivity contribution in [2.24, 2.45) is 0 Å². The van der Waals surface area contributed by atoms with Gasteiger partial charge in [-0.05, 0) is 48.5 Å². The molecule has 7 nitrogen and oxygen atoms in total. The molecule has 0 aromatic heterocycles. The predicted octanol–water partition coefficient (Wildman–Crippen LogP) is 2.27. The van der Waals surface area contributed by atoms with Gasteiger partial charge < -0.3 is 20.7 Å². The zero-order valence-corrected chi connectivity index (χ0v) is 14.7. The lowest BCUT2D eigenvalue weighted by Gasteiger charge is -2.08. The Morgan fingerprint density at radius 1 is 0.808 bits per heavy atom. The highest BCUT2D eigenvalue weighted by molar-refractivity contribution is 6.05. The van der Waals surface area contributed by atoms with Crippen LogP contribution in [0.3, 0.4) is 0 Å². The minimum atomic E-state index is -0.288. The molecule has 136 valence electrons. The molecule has 0 aliphatic rings. The van der Waals surface area contributed by atoms with Gasteiger partial charge in [-0.3, -0.25) is 14.4 Å². The highest BCUT2D eigenvalue weighted by atomic mass is 16.5. The number of carbonyl (C=O) groups excluding carboxylic acids is 3. The first-order chi connectivity index (χ1) is 12.5. The van der Waals surface area contributed by atoms with Crippen LogP contribution < -0.4 is 16.0 Å². The Kier molecular flexibility index (Phi) is 6.87. The summed E-state index contributed by atoms with van der Waals surface area (Å²) in [4.78, 5) is 35.2. The van der Waals surface area contributed by atoms with Crippen molar-refractivity contribution in [1.82, 2.24) is 5.32 Å². The summed E-state index contributed by atoms with van der Waals surface area (Å²) in [5.74, 6) is -0.667. The Morgan fingerprint density at radius 3 is 1.81 bits per heavy atom. The van der Waals surface area contributed by atoms with Gasteiger partial charge in [0.15, 0.2) is 0 Å². The van der Waals surface area contributed by atoms with E-state index in [4.69, 9.17) is 4.74 Å². The second-order valence-corrected chi connectivity index (χ2v) is 5.54. The smallest absolute Gasteiger partial charge is 0.255 e. The Hall–Kier alpha value is -3.19. The topological polar surface area (TPSA) is 96.5 Å². The maximum atomic E-state index is 12.3. The van der Waals surface area contributed by atoms with E-state index >= 15 is 0 Å². The fourth-order valence-corrected chi connectivity index (χ4v) is 2.19. The van der Waals surface area contributed by atoms with Crippen LogP contribution in [0.5, 0.6) is 0 Å². The SMILES string of the molecule is COCCNC(=O)c1ccc(C(=O)Nc2ccc(NC(C)=O)cc2)cc1. The number of amides is 3. The van der Waals surface area contributed by atoms with Gasteiger partial charge in [0.25, 0.3) is 11.8 Å². The molecule has 0 atom stereocenters. The van der Waals surface area contributed by atoms with Crippen LogP contribution in [0.2, 0.25) is 0 Å².